The van der Waals surface area contributed by atoms with Crippen molar-refractivity contribution in [2.75, 3.05) is 0 Å². The van der Waals surface area contributed by atoms with Crippen molar-refractivity contribution in [2.24, 2.45) is 5.92 Å². The van der Waals surface area contributed by atoms with Crippen molar-refractivity contribution in [1.82, 2.24) is 10.6 Å². The Morgan fingerprint density at radius 2 is 1.88 bits per heavy atom. The van der Waals surface area contributed by atoms with Crippen molar-refractivity contribution in [1.29, 1.82) is 0 Å². The number of halogens is 3. The van der Waals surface area contributed by atoms with Gasteiger partial charge in [-0.15, -0.1) is 0 Å². The molecule has 90 valence electrons. The molecule has 1 saturated carbocycles. The smallest absolute Gasteiger partial charge is 0.348 e. The minimum Gasteiger partial charge on any atom is -0.348 e. The van der Waals surface area contributed by atoms with E-state index < -0.39 is 17.6 Å². The summed E-state index contributed by atoms with van der Waals surface area (Å²) in [6, 6.07) is 0. The molecule has 2 rings (SSSR count). The lowest BCUT2D eigenvalue weighted by Crippen LogP contribution is -2.50. The van der Waals surface area contributed by atoms with Crippen LogP contribution in [0.4, 0.5) is 13.2 Å². The standard InChI is InChI=1S/C9H11F3N2OS/c10-9(11,12)5-1-3-8(4-2-5)6(15)13-7(16)14-8/h5H,1-4H2,(H2,13,14,15,16). The Kier molecular flexibility index (Phi) is 2.60. The van der Waals surface area contributed by atoms with Gasteiger partial charge in [-0.05, 0) is 37.9 Å². The Morgan fingerprint density at radius 3 is 2.25 bits per heavy atom. The molecule has 16 heavy (non-hydrogen) atoms. The third kappa shape index (κ3) is 1.88. The van der Waals surface area contributed by atoms with E-state index in [4.69, 9.17) is 12.2 Å². The largest absolute Gasteiger partial charge is 0.391 e. The zero-order valence-corrected chi connectivity index (χ0v) is 9.17. The van der Waals surface area contributed by atoms with Crippen LogP contribution in [0.2, 0.25) is 0 Å². The fourth-order valence-corrected chi connectivity index (χ4v) is 2.61. The molecular weight excluding hydrogens is 241 g/mol. The highest BCUT2D eigenvalue weighted by Gasteiger charge is 2.51. The van der Waals surface area contributed by atoms with Crippen molar-refractivity contribution < 1.29 is 18.0 Å². The number of hydrogen-bond donors (Lipinski definition) is 2. The molecule has 1 saturated heterocycles. The number of nitrogens with one attached hydrogen (secondary N) is 2. The molecule has 1 spiro atoms. The van der Waals surface area contributed by atoms with Gasteiger partial charge in [0.2, 0.25) is 0 Å². The summed E-state index contributed by atoms with van der Waals surface area (Å²) in [5.41, 5.74) is -0.890. The zero-order chi connectivity index (χ0) is 12.0. The van der Waals surface area contributed by atoms with Crippen LogP contribution in [-0.4, -0.2) is 22.7 Å². The fraction of sp³-hybridized carbons (Fsp3) is 0.778. The second-order valence-corrected chi connectivity index (χ2v) is 4.71. The molecule has 0 aromatic carbocycles. The maximum Gasteiger partial charge on any atom is 0.391 e. The van der Waals surface area contributed by atoms with E-state index in [2.05, 4.69) is 10.6 Å². The van der Waals surface area contributed by atoms with Gasteiger partial charge in [0.25, 0.3) is 5.91 Å². The van der Waals surface area contributed by atoms with Crippen molar-refractivity contribution in [3.63, 3.8) is 0 Å². The van der Waals surface area contributed by atoms with Crippen molar-refractivity contribution in [2.45, 2.75) is 37.4 Å². The molecule has 0 aromatic rings. The Morgan fingerprint density at radius 1 is 1.31 bits per heavy atom. The van der Waals surface area contributed by atoms with Gasteiger partial charge in [0, 0.05) is 0 Å². The maximum atomic E-state index is 12.4. The number of rotatable bonds is 0. The van der Waals surface area contributed by atoms with E-state index in [0.29, 0.717) is 0 Å². The van der Waals surface area contributed by atoms with E-state index in [0.717, 1.165) is 0 Å². The summed E-state index contributed by atoms with van der Waals surface area (Å²) in [4.78, 5) is 11.6. The van der Waals surface area contributed by atoms with Crippen LogP contribution in [-0.2, 0) is 4.79 Å². The highest BCUT2D eigenvalue weighted by molar-refractivity contribution is 7.80. The maximum absolute atomic E-state index is 12.4. The lowest BCUT2D eigenvalue weighted by atomic mass is 9.76. The van der Waals surface area contributed by atoms with Gasteiger partial charge in [-0.1, -0.05) is 0 Å². The average molecular weight is 252 g/mol. The molecule has 1 aliphatic heterocycles. The fourth-order valence-electron chi connectivity index (χ4n) is 2.32. The number of carbonyl (C=O) groups excluding carboxylic acids is 1. The molecule has 2 aliphatic rings. The van der Waals surface area contributed by atoms with E-state index in [1.807, 2.05) is 0 Å². The summed E-state index contributed by atoms with van der Waals surface area (Å²) in [7, 11) is 0. The molecule has 0 radical (unpaired) electrons. The molecule has 1 heterocycles. The van der Waals surface area contributed by atoms with Gasteiger partial charge in [0.15, 0.2) is 5.11 Å². The first kappa shape index (κ1) is 11.6. The number of alkyl halides is 3. The Labute approximate surface area is 95.8 Å². The van der Waals surface area contributed by atoms with Crippen molar-refractivity contribution in [3.8, 4) is 0 Å². The van der Waals surface area contributed by atoms with E-state index >= 15 is 0 Å². The normalized spacial score (nSPS) is 35.1. The van der Waals surface area contributed by atoms with Gasteiger partial charge in [0.05, 0.1) is 5.92 Å². The minimum atomic E-state index is -4.16. The lowest BCUT2D eigenvalue weighted by molar-refractivity contribution is -0.185. The molecule has 0 atom stereocenters. The topological polar surface area (TPSA) is 41.1 Å². The minimum absolute atomic E-state index is 0.0213. The second kappa shape index (κ2) is 3.58. The summed E-state index contributed by atoms with van der Waals surface area (Å²) in [5, 5.41) is 5.44. The molecule has 2 N–H and O–H groups in total. The van der Waals surface area contributed by atoms with Crippen LogP contribution in [0, 0.1) is 5.92 Å². The van der Waals surface area contributed by atoms with Gasteiger partial charge in [-0.3, -0.25) is 4.79 Å². The third-order valence-electron chi connectivity index (χ3n) is 3.32. The SMILES string of the molecule is O=C1NC(=S)NC12CCC(C(F)(F)F)CC2. The number of hydrogen-bond acceptors (Lipinski definition) is 2. The van der Waals surface area contributed by atoms with Crippen LogP contribution < -0.4 is 10.6 Å². The first-order valence-electron chi connectivity index (χ1n) is 5.04. The Bertz CT molecular complexity index is 334. The molecule has 2 fully saturated rings. The molecule has 0 unspecified atom stereocenters. The molecule has 1 amide bonds. The third-order valence-corrected chi connectivity index (χ3v) is 3.52. The number of thiocarbonyl (C=S) groups is 1. The Balaban J connectivity index is 2.05. The summed E-state index contributed by atoms with van der Waals surface area (Å²) in [6.45, 7) is 0. The quantitative estimate of drug-likeness (QED) is 0.642. The molecule has 7 heteroatoms. The highest BCUT2D eigenvalue weighted by Crippen LogP contribution is 2.41. The van der Waals surface area contributed by atoms with Crippen LogP contribution in [0.25, 0.3) is 0 Å². The second-order valence-electron chi connectivity index (χ2n) is 4.31. The van der Waals surface area contributed by atoms with E-state index in [1.165, 1.54) is 0 Å². The highest BCUT2D eigenvalue weighted by atomic mass is 32.1. The van der Waals surface area contributed by atoms with Crippen LogP contribution >= 0.6 is 12.2 Å². The van der Waals surface area contributed by atoms with Crippen LogP contribution in [0.3, 0.4) is 0 Å². The van der Waals surface area contributed by atoms with E-state index in [1.54, 1.807) is 0 Å². The van der Waals surface area contributed by atoms with Crippen LogP contribution in [0.1, 0.15) is 25.7 Å². The molecular formula is C9H11F3N2OS. The summed E-state index contributed by atoms with van der Waals surface area (Å²) in [6.07, 6.45) is -3.83. The first-order chi connectivity index (χ1) is 7.33. The van der Waals surface area contributed by atoms with Gasteiger partial charge >= 0.3 is 6.18 Å². The van der Waals surface area contributed by atoms with Gasteiger partial charge < -0.3 is 10.6 Å². The molecule has 0 bridgehead atoms. The van der Waals surface area contributed by atoms with E-state index in [9.17, 15) is 18.0 Å². The molecule has 3 nitrogen and oxygen atoms in total. The van der Waals surface area contributed by atoms with Crippen molar-refractivity contribution in [3.05, 3.63) is 0 Å². The summed E-state index contributed by atoms with van der Waals surface area (Å²) < 4.78 is 37.3. The number of amides is 1. The molecule has 0 aromatic heterocycles. The van der Waals surface area contributed by atoms with Gasteiger partial charge in [-0.2, -0.15) is 13.2 Å². The number of carbonyl (C=O) groups is 1. The zero-order valence-electron chi connectivity index (χ0n) is 8.36. The summed E-state index contributed by atoms with van der Waals surface area (Å²) >= 11 is 4.79. The first-order valence-corrected chi connectivity index (χ1v) is 5.45. The predicted octanol–water partition coefficient (Wildman–Crippen LogP) is 1.48. The monoisotopic (exact) mass is 252 g/mol. The predicted molar refractivity (Wildman–Crippen MR) is 54.6 cm³/mol. The van der Waals surface area contributed by atoms with Gasteiger partial charge in [0.1, 0.15) is 5.54 Å². The molecule has 1 aliphatic carbocycles. The lowest BCUT2D eigenvalue weighted by Gasteiger charge is -2.35. The van der Waals surface area contributed by atoms with Crippen molar-refractivity contribution >= 4 is 23.2 Å². The van der Waals surface area contributed by atoms with Crippen LogP contribution in [0.15, 0.2) is 0 Å². The average Bonchev–Trinajstić information content (AvgIpc) is 2.41. The Hall–Kier alpha value is -0.850. The summed E-state index contributed by atoms with van der Waals surface area (Å²) in [5.74, 6) is -1.58. The van der Waals surface area contributed by atoms with Crippen LogP contribution in [0.5, 0.6) is 0 Å². The van der Waals surface area contributed by atoms with Gasteiger partial charge in [-0.25, -0.2) is 0 Å². The van der Waals surface area contributed by atoms with E-state index in [-0.39, 0.29) is 36.7 Å².